The molecule has 0 aliphatic rings. The summed E-state index contributed by atoms with van der Waals surface area (Å²) in [7, 11) is 0. The van der Waals surface area contributed by atoms with Gasteiger partial charge in [-0.25, -0.2) is 4.39 Å². The maximum absolute atomic E-state index is 13.3. The van der Waals surface area contributed by atoms with Crippen molar-refractivity contribution in [3.8, 4) is 11.3 Å². The molecule has 6 heteroatoms. The average Bonchev–Trinajstić information content (AvgIpc) is 2.78. The van der Waals surface area contributed by atoms with E-state index in [-0.39, 0.29) is 23.5 Å². The largest absolute Gasteiger partial charge is 0.349 e. The minimum atomic E-state index is -0.293. The van der Waals surface area contributed by atoms with Crippen molar-refractivity contribution in [3.05, 3.63) is 90.2 Å². The van der Waals surface area contributed by atoms with E-state index in [2.05, 4.69) is 15.5 Å². The zero-order valence-corrected chi connectivity index (χ0v) is 17.2. The van der Waals surface area contributed by atoms with Crippen molar-refractivity contribution in [2.24, 2.45) is 0 Å². The van der Waals surface area contributed by atoms with E-state index in [0.29, 0.717) is 10.7 Å². The van der Waals surface area contributed by atoms with Crippen molar-refractivity contribution >= 4 is 28.4 Å². The fourth-order valence-electron chi connectivity index (χ4n) is 3.25. The highest BCUT2D eigenvalue weighted by atomic mass is 32.2. The van der Waals surface area contributed by atoms with Gasteiger partial charge in [-0.2, -0.15) is 0 Å². The predicted molar refractivity (Wildman–Crippen MR) is 119 cm³/mol. The van der Waals surface area contributed by atoms with Gasteiger partial charge in [0.2, 0.25) is 5.91 Å². The summed E-state index contributed by atoms with van der Waals surface area (Å²) in [6.45, 7) is 1.96. The first-order valence-electron chi connectivity index (χ1n) is 9.60. The van der Waals surface area contributed by atoms with Crippen molar-refractivity contribution < 1.29 is 9.18 Å². The zero-order chi connectivity index (χ0) is 20.9. The molecule has 0 bridgehead atoms. The Balaban J connectivity index is 1.52. The van der Waals surface area contributed by atoms with Crippen molar-refractivity contribution in [3.63, 3.8) is 0 Å². The molecule has 1 atom stereocenters. The summed E-state index contributed by atoms with van der Waals surface area (Å²) < 4.78 is 13.3. The van der Waals surface area contributed by atoms with Crippen LogP contribution in [0.2, 0.25) is 0 Å². The Morgan fingerprint density at radius 1 is 0.933 bits per heavy atom. The second-order valence-electron chi connectivity index (χ2n) is 6.89. The standard InChI is InChI=1S/C24H20FN3OS/c1-16(17-7-3-2-4-8-17)26-22(29)15-30-24-21-10-6-5-9-20(21)23(27-28-24)18-11-13-19(25)14-12-18/h2-14,16H,15H2,1H3,(H,26,29)/t16-/m0/s1. The molecule has 4 rings (SSSR count). The molecule has 0 saturated carbocycles. The van der Waals surface area contributed by atoms with Gasteiger partial charge in [0.1, 0.15) is 16.5 Å². The lowest BCUT2D eigenvalue weighted by atomic mass is 10.1. The summed E-state index contributed by atoms with van der Waals surface area (Å²) >= 11 is 1.36. The first-order valence-corrected chi connectivity index (χ1v) is 10.6. The number of thioether (sulfide) groups is 1. The minimum Gasteiger partial charge on any atom is -0.349 e. The number of aromatic nitrogens is 2. The smallest absolute Gasteiger partial charge is 0.230 e. The van der Waals surface area contributed by atoms with E-state index >= 15 is 0 Å². The van der Waals surface area contributed by atoms with Crippen molar-refractivity contribution in [2.75, 3.05) is 5.75 Å². The van der Waals surface area contributed by atoms with E-state index in [1.807, 2.05) is 61.5 Å². The lowest BCUT2D eigenvalue weighted by molar-refractivity contribution is -0.119. The van der Waals surface area contributed by atoms with Crippen LogP contribution >= 0.6 is 11.8 Å². The Labute approximate surface area is 178 Å². The number of rotatable bonds is 6. The number of nitrogens with one attached hydrogen (secondary N) is 1. The summed E-state index contributed by atoms with van der Waals surface area (Å²) in [5.74, 6) is -0.116. The van der Waals surface area contributed by atoms with Gasteiger partial charge in [0.05, 0.1) is 11.8 Å². The van der Waals surface area contributed by atoms with Gasteiger partial charge in [0, 0.05) is 16.3 Å². The molecular formula is C24H20FN3OS. The van der Waals surface area contributed by atoms with Crippen LogP contribution in [0.1, 0.15) is 18.5 Å². The van der Waals surface area contributed by atoms with E-state index in [1.54, 1.807) is 12.1 Å². The normalized spacial score (nSPS) is 11.9. The van der Waals surface area contributed by atoms with E-state index < -0.39 is 0 Å². The molecule has 1 amide bonds. The number of nitrogens with zero attached hydrogens (tertiary/aromatic N) is 2. The Morgan fingerprint density at radius 2 is 1.60 bits per heavy atom. The third kappa shape index (κ3) is 4.49. The van der Waals surface area contributed by atoms with Gasteiger partial charge in [-0.15, -0.1) is 10.2 Å². The van der Waals surface area contributed by atoms with Gasteiger partial charge < -0.3 is 5.32 Å². The number of benzene rings is 3. The van der Waals surface area contributed by atoms with Crippen LogP contribution in [-0.2, 0) is 4.79 Å². The van der Waals surface area contributed by atoms with Crippen molar-refractivity contribution in [1.82, 2.24) is 15.5 Å². The number of carbonyl (C=O) groups is 1. The van der Waals surface area contributed by atoms with Crippen LogP contribution in [0.5, 0.6) is 0 Å². The van der Waals surface area contributed by atoms with Gasteiger partial charge in [0.15, 0.2) is 0 Å². The second-order valence-corrected chi connectivity index (χ2v) is 7.86. The third-order valence-electron chi connectivity index (χ3n) is 4.79. The van der Waals surface area contributed by atoms with E-state index in [0.717, 1.165) is 21.9 Å². The van der Waals surface area contributed by atoms with Crippen LogP contribution in [-0.4, -0.2) is 21.9 Å². The molecule has 0 radical (unpaired) electrons. The van der Waals surface area contributed by atoms with Crippen molar-refractivity contribution in [1.29, 1.82) is 0 Å². The molecule has 0 aliphatic carbocycles. The molecule has 30 heavy (non-hydrogen) atoms. The maximum atomic E-state index is 13.3. The lowest BCUT2D eigenvalue weighted by Gasteiger charge is -2.14. The van der Waals surface area contributed by atoms with E-state index in [4.69, 9.17) is 0 Å². The fraction of sp³-hybridized carbons (Fsp3) is 0.125. The van der Waals surface area contributed by atoms with Crippen LogP contribution in [0.4, 0.5) is 4.39 Å². The number of fused-ring (bicyclic) bond motifs is 1. The molecule has 4 aromatic rings. The van der Waals surface area contributed by atoms with Gasteiger partial charge in [-0.05, 0) is 36.8 Å². The molecule has 0 fully saturated rings. The van der Waals surface area contributed by atoms with Crippen LogP contribution in [0, 0.1) is 5.82 Å². The van der Waals surface area contributed by atoms with Gasteiger partial charge in [0.25, 0.3) is 0 Å². The first-order chi connectivity index (χ1) is 14.6. The van der Waals surface area contributed by atoms with Crippen LogP contribution in [0.3, 0.4) is 0 Å². The monoisotopic (exact) mass is 417 g/mol. The second kappa shape index (κ2) is 9.05. The molecule has 3 aromatic carbocycles. The molecule has 0 spiro atoms. The SMILES string of the molecule is C[C@H](NC(=O)CSc1nnc(-c2ccc(F)cc2)c2ccccc12)c1ccccc1. The van der Waals surface area contributed by atoms with Gasteiger partial charge >= 0.3 is 0 Å². The number of hydrogen-bond donors (Lipinski definition) is 1. The Kier molecular flexibility index (Phi) is 6.05. The highest BCUT2D eigenvalue weighted by Crippen LogP contribution is 2.31. The van der Waals surface area contributed by atoms with E-state index in [9.17, 15) is 9.18 Å². The number of carbonyl (C=O) groups excluding carboxylic acids is 1. The summed E-state index contributed by atoms with van der Waals surface area (Å²) in [6.07, 6.45) is 0. The summed E-state index contributed by atoms with van der Waals surface area (Å²) in [5, 5.41) is 14.3. The Hall–Kier alpha value is -3.25. The molecule has 0 unspecified atom stereocenters. The Bertz CT molecular complexity index is 1170. The maximum Gasteiger partial charge on any atom is 0.230 e. The van der Waals surface area contributed by atoms with Gasteiger partial charge in [-0.3, -0.25) is 4.79 Å². The van der Waals surface area contributed by atoms with Crippen LogP contribution in [0.15, 0.2) is 83.9 Å². The third-order valence-corrected chi connectivity index (χ3v) is 5.77. The minimum absolute atomic E-state index is 0.0650. The van der Waals surface area contributed by atoms with E-state index in [1.165, 1.54) is 23.9 Å². The number of hydrogen-bond acceptors (Lipinski definition) is 4. The Morgan fingerprint density at radius 3 is 2.33 bits per heavy atom. The lowest BCUT2D eigenvalue weighted by Crippen LogP contribution is -2.28. The summed E-state index contributed by atoms with van der Waals surface area (Å²) in [4.78, 5) is 12.4. The van der Waals surface area contributed by atoms with Crippen molar-refractivity contribution in [2.45, 2.75) is 18.0 Å². The number of amides is 1. The molecule has 150 valence electrons. The highest BCUT2D eigenvalue weighted by Gasteiger charge is 2.14. The zero-order valence-electron chi connectivity index (χ0n) is 16.4. The summed E-state index contributed by atoms with van der Waals surface area (Å²) in [6, 6.07) is 23.8. The van der Waals surface area contributed by atoms with Crippen LogP contribution in [0.25, 0.3) is 22.0 Å². The molecule has 1 aromatic heterocycles. The molecular weight excluding hydrogens is 397 g/mol. The predicted octanol–water partition coefficient (Wildman–Crippen LogP) is 5.41. The molecule has 1 N–H and O–H groups in total. The highest BCUT2D eigenvalue weighted by molar-refractivity contribution is 8.00. The topological polar surface area (TPSA) is 54.9 Å². The number of halogens is 1. The molecule has 4 nitrogen and oxygen atoms in total. The first kappa shape index (κ1) is 20.0. The fourth-order valence-corrected chi connectivity index (χ4v) is 4.03. The average molecular weight is 418 g/mol. The molecule has 0 aliphatic heterocycles. The summed E-state index contributed by atoms with van der Waals surface area (Å²) in [5.41, 5.74) is 2.55. The molecule has 0 saturated heterocycles. The van der Waals surface area contributed by atoms with Gasteiger partial charge in [-0.1, -0.05) is 66.4 Å². The molecule has 1 heterocycles. The quantitative estimate of drug-likeness (QED) is 0.427. The van der Waals surface area contributed by atoms with Crippen LogP contribution < -0.4 is 5.32 Å².